The molecule has 1 saturated heterocycles. The number of nitrogens with zero attached hydrogens (tertiary/aromatic N) is 2. The van der Waals surface area contributed by atoms with Gasteiger partial charge in [0.1, 0.15) is 6.54 Å². The van der Waals surface area contributed by atoms with Crippen LogP contribution < -0.4 is 5.43 Å². The number of rotatable bonds is 3. The van der Waals surface area contributed by atoms with Crippen molar-refractivity contribution < 1.29 is 9.90 Å². The summed E-state index contributed by atoms with van der Waals surface area (Å²) >= 11 is 0. The van der Waals surface area contributed by atoms with E-state index in [9.17, 15) is 14.7 Å². The molecule has 1 aliphatic heterocycles. The fourth-order valence-electron chi connectivity index (χ4n) is 3.97. The van der Waals surface area contributed by atoms with Crippen molar-refractivity contribution in [2.75, 3.05) is 6.54 Å². The summed E-state index contributed by atoms with van der Waals surface area (Å²) in [4.78, 5) is 26.9. The molecule has 2 fully saturated rings. The standard InChI is InChI=1S/C19H22N2O3/c1-13-11-16(22)14-5-2-3-6-15(14)21(13)12-18(23)20-10-4-7-17(20)19(24)8-9-19/h2-3,5-6,11,17,24H,4,7-10,12H2,1H3. The largest absolute Gasteiger partial charge is 0.388 e. The van der Waals surface area contributed by atoms with Crippen LogP contribution in [-0.2, 0) is 11.3 Å². The van der Waals surface area contributed by atoms with Gasteiger partial charge in [0.15, 0.2) is 5.43 Å². The molecular weight excluding hydrogens is 304 g/mol. The molecule has 1 amide bonds. The number of carbonyl (C=O) groups excluding carboxylic acids is 1. The zero-order chi connectivity index (χ0) is 16.9. The van der Waals surface area contributed by atoms with Crippen molar-refractivity contribution >= 4 is 16.8 Å². The normalized spacial score (nSPS) is 22.1. The van der Waals surface area contributed by atoms with Gasteiger partial charge in [-0.05, 0) is 44.7 Å². The number of aryl methyl sites for hydroxylation is 1. The fraction of sp³-hybridized carbons (Fsp3) is 0.474. The lowest BCUT2D eigenvalue weighted by Crippen LogP contribution is -2.45. The number of aromatic nitrogens is 1. The second-order valence-corrected chi connectivity index (χ2v) is 7.10. The highest BCUT2D eigenvalue weighted by atomic mass is 16.3. The number of carbonyl (C=O) groups is 1. The molecule has 2 aromatic rings. The van der Waals surface area contributed by atoms with Gasteiger partial charge in [-0.3, -0.25) is 9.59 Å². The fourth-order valence-corrected chi connectivity index (χ4v) is 3.97. The van der Waals surface area contributed by atoms with Crippen LogP contribution in [0.25, 0.3) is 10.9 Å². The third kappa shape index (κ3) is 2.44. The van der Waals surface area contributed by atoms with E-state index in [1.165, 1.54) is 0 Å². The number of hydrogen-bond donors (Lipinski definition) is 1. The minimum absolute atomic E-state index is 0.0156. The highest BCUT2D eigenvalue weighted by Crippen LogP contribution is 2.44. The Hall–Kier alpha value is -2.14. The summed E-state index contributed by atoms with van der Waals surface area (Å²) in [5.74, 6) is 0.0229. The van der Waals surface area contributed by atoms with E-state index in [-0.39, 0.29) is 23.9 Å². The van der Waals surface area contributed by atoms with Gasteiger partial charge in [-0.1, -0.05) is 12.1 Å². The lowest BCUT2D eigenvalue weighted by atomic mass is 10.1. The topological polar surface area (TPSA) is 62.5 Å². The van der Waals surface area contributed by atoms with Crippen LogP contribution in [0.15, 0.2) is 35.1 Å². The van der Waals surface area contributed by atoms with Gasteiger partial charge in [-0.2, -0.15) is 0 Å². The number of benzene rings is 1. The first-order valence-corrected chi connectivity index (χ1v) is 8.61. The molecule has 1 aromatic heterocycles. The molecule has 0 bridgehead atoms. The summed E-state index contributed by atoms with van der Waals surface area (Å²) in [5, 5.41) is 11.1. The number of aliphatic hydroxyl groups is 1. The lowest BCUT2D eigenvalue weighted by molar-refractivity contribution is -0.135. The first-order chi connectivity index (χ1) is 11.5. The monoisotopic (exact) mass is 326 g/mol. The lowest BCUT2D eigenvalue weighted by Gasteiger charge is -2.29. The van der Waals surface area contributed by atoms with Crippen molar-refractivity contribution in [3.8, 4) is 0 Å². The molecule has 1 atom stereocenters. The number of para-hydroxylation sites is 1. The average Bonchev–Trinajstić information content (AvgIpc) is 3.12. The first-order valence-electron chi connectivity index (χ1n) is 8.61. The van der Waals surface area contributed by atoms with E-state index in [1.807, 2.05) is 34.6 Å². The van der Waals surface area contributed by atoms with Crippen LogP contribution in [0.3, 0.4) is 0 Å². The summed E-state index contributed by atoms with van der Waals surface area (Å²) in [5.41, 5.74) is 0.898. The Morgan fingerprint density at radius 3 is 2.83 bits per heavy atom. The van der Waals surface area contributed by atoms with E-state index < -0.39 is 5.60 Å². The molecule has 126 valence electrons. The third-order valence-electron chi connectivity index (χ3n) is 5.48. The third-order valence-corrected chi connectivity index (χ3v) is 5.48. The summed E-state index contributed by atoms with van der Waals surface area (Å²) < 4.78 is 1.91. The molecule has 5 nitrogen and oxygen atoms in total. The number of fused-ring (bicyclic) bond motifs is 1. The number of amides is 1. The van der Waals surface area contributed by atoms with Gasteiger partial charge in [0.2, 0.25) is 5.91 Å². The van der Waals surface area contributed by atoms with E-state index in [4.69, 9.17) is 0 Å². The van der Waals surface area contributed by atoms with E-state index in [1.54, 1.807) is 12.1 Å². The molecule has 24 heavy (non-hydrogen) atoms. The van der Waals surface area contributed by atoms with Crippen LogP contribution in [0, 0.1) is 6.92 Å². The molecule has 5 heteroatoms. The molecule has 1 unspecified atom stereocenters. The number of likely N-dealkylation sites (tertiary alicyclic amines) is 1. The maximum atomic E-state index is 12.9. The average molecular weight is 326 g/mol. The van der Waals surface area contributed by atoms with Crippen molar-refractivity contribution in [2.45, 2.75) is 50.8 Å². The maximum absolute atomic E-state index is 12.9. The second-order valence-electron chi connectivity index (χ2n) is 7.10. The molecule has 1 aliphatic carbocycles. The van der Waals surface area contributed by atoms with E-state index in [2.05, 4.69) is 0 Å². The van der Waals surface area contributed by atoms with Crippen molar-refractivity contribution in [1.29, 1.82) is 0 Å². The maximum Gasteiger partial charge on any atom is 0.242 e. The predicted octanol–water partition coefficient (Wildman–Crippen LogP) is 1.83. The first kappa shape index (κ1) is 15.4. The van der Waals surface area contributed by atoms with Crippen LogP contribution in [0.1, 0.15) is 31.4 Å². The summed E-state index contributed by atoms with van der Waals surface area (Å²) in [6.07, 6.45) is 3.41. The van der Waals surface area contributed by atoms with Crippen LogP contribution >= 0.6 is 0 Å². The molecule has 1 saturated carbocycles. The molecule has 4 rings (SSSR count). The van der Waals surface area contributed by atoms with Crippen molar-refractivity contribution in [3.63, 3.8) is 0 Å². The molecule has 2 aliphatic rings. The zero-order valence-corrected chi connectivity index (χ0v) is 13.9. The van der Waals surface area contributed by atoms with Crippen molar-refractivity contribution in [3.05, 3.63) is 46.2 Å². The van der Waals surface area contributed by atoms with Gasteiger partial charge >= 0.3 is 0 Å². The molecular formula is C19H22N2O3. The van der Waals surface area contributed by atoms with Gasteiger partial charge < -0.3 is 14.6 Å². The Kier molecular flexibility index (Phi) is 3.49. The highest BCUT2D eigenvalue weighted by molar-refractivity contribution is 5.83. The quantitative estimate of drug-likeness (QED) is 0.936. The molecule has 0 radical (unpaired) electrons. The van der Waals surface area contributed by atoms with Gasteiger partial charge in [0.05, 0.1) is 17.2 Å². The number of hydrogen-bond acceptors (Lipinski definition) is 3. The van der Waals surface area contributed by atoms with Crippen LogP contribution in [0.2, 0.25) is 0 Å². The Balaban J connectivity index is 1.67. The van der Waals surface area contributed by atoms with E-state index in [0.717, 1.165) is 36.9 Å². The Labute approximate surface area is 140 Å². The molecule has 0 spiro atoms. The number of pyridine rings is 1. The van der Waals surface area contributed by atoms with Crippen LogP contribution in [0.5, 0.6) is 0 Å². The van der Waals surface area contributed by atoms with Gasteiger partial charge in [-0.25, -0.2) is 0 Å². The smallest absolute Gasteiger partial charge is 0.242 e. The van der Waals surface area contributed by atoms with Crippen molar-refractivity contribution in [1.82, 2.24) is 9.47 Å². The summed E-state index contributed by atoms with van der Waals surface area (Å²) in [7, 11) is 0. The molecule has 2 heterocycles. The Bertz CT molecular complexity index is 867. The summed E-state index contributed by atoms with van der Waals surface area (Å²) in [6, 6.07) is 8.94. The Morgan fingerprint density at radius 1 is 1.33 bits per heavy atom. The molecule has 1 N–H and O–H groups in total. The highest BCUT2D eigenvalue weighted by Gasteiger charge is 2.52. The van der Waals surface area contributed by atoms with Crippen molar-refractivity contribution in [2.24, 2.45) is 0 Å². The minimum atomic E-state index is -0.660. The van der Waals surface area contributed by atoms with Gasteiger partial charge in [0.25, 0.3) is 0 Å². The van der Waals surface area contributed by atoms with Crippen LogP contribution in [-0.4, -0.2) is 38.7 Å². The predicted molar refractivity (Wildman–Crippen MR) is 91.9 cm³/mol. The van der Waals surface area contributed by atoms with E-state index >= 15 is 0 Å². The van der Waals surface area contributed by atoms with Gasteiger partial charge in [0, 0.05) is 23.7 Å². The second kappa shape index (κ2) is 5.45. The SMILES string of the molecule is Cc1cc(=O)c2ccccc2n1CC(=O)N1CCCC1C1(O)CC1. The summed E-state index contributed by atoms with van der Waals surface area (Å²) in [6.45, 7) is 2.78. The minimum Gasteiger partial charge on any atom is -0.388 e. The van der Waals surface area contributed by atoms with Gasteiger partial charge in [-0.15, -0.1) is 0 Å². The Morgan fingerprint density at radius 2 is 2.08 bits per heavy atom. The van der Waals surface area contributed by atoms with E-state index in [0.29, 0.717) is 11.9 Å². The molecule has 1 aromatic carbocycles. The van der Waals surface area contributed by atoms with Crippen LogP contribution in [0.4, 0.5) is 0 Å². The zero-order valence-electron chi connectivity index (χ0n) is 13.9.